The molecule has 0 aromatic heterocycles. The first-order valence-electron chi connectivity index (χ1n) is 7.24. The molecule has 1 N–H and O–H groups in total. The number of carbonyl (C=O) groups excluding carboxylic acids is 2. The number of phenols is 1. The van der Waals surface area contributed by atoms with Crippen LogP contribution in [0.1, 0.15) is 40.1 Å². The summed E-state index contributed by atoms with van der Waals surface area (Å²) >= 11 is 0. The van der Waals surface area contributed by atoms with Gasteiger partial charge in [0.15, 0.2) is 5.78 Å². The lowest BCUT2D eigenvalue weighted by molar-refractivity contribution is 0.0523. The highest BCUT2D eigenvalue weighted by molar-refractivity contribution is 5.96. The van der Waals surface area contributed by atoms with Crippen molar-refractivity contribution in [3.63, 3.8) is 0 Å². The van der Waals surface area contributed by atoms with Gasteiger partial charge in [0.2, 0.25) is 0 Å². The summed E-state index contributed by atoms with van der Waals surface area (Å²) in [5.41, 5.74) is 1.37. The molecule has 23 heavy (non-hydrogen) atoms. The highest BCUT2D eigenvalue weighted by Gasteiger charge is 2.13. The maximum Gasteiger partial charge on any atom is 0.338 e. The Balaban J connectivity index is 2.14. The zero-order valence-electron chi connectivity index (χ0n) is 13.0. The Hall–Kier alpha value is -2.82. The number of ether oxygens (including phenoxy) is 2. The molecule has 0 aliphatic rings. The molecular formula is C18H18O5. The van der Waals surface area contributed by atoms with Crippen molar-refractivity contribution in [2.75, 3.05) is 6.61 Å². The number of Topliss-reactive ketones (excluding diaryl/α,β-unsaturated/α-hetero) is 1. The minimum Gasteiger partial charge on any atom is -0.507 e. The highest BCUT2D eigenvalue weighted by Crippen LogP contribution is 2.25. The Labute approximate surface area is 134 Å². The van der Waals surface area contributed by atoms with Gasteiger partial charge in [-0.1, -0.05) is 18.2 Å². The summed E-state index contributed by atoms with van der Waals surface area (Å²) in [5.74, 6) is -0.344. The second-order valence-corrected chi connectivity index (χ2v) is 4.90. The third-order valence-corrected chi connectivity index (χ3v) is 3.26. The van der Waals surface area contributed by atoms with Crippen molar-refractivity contribution in [2.24, 2.45) is 0 Å². The van der Waals surface area contributed by atoms with E-state index in [1.807, 2.05) is 0 Å². The third-order valence-electron chi connectivity index (χ3n) is 3.26. The number of carbonyl (C=O) groups is 2. The van der Waals surface area contributed by atoms with Crippen LogP contribution >= 0.6 is 0 Å². The van der Waals surface area contributed by atoms with E-state index in [0.717, 1.165) is 0 Å². The molecule has 120 valence electrons. The molecule has 0 amide bonds. The van der Waals surface area contributed by atoms with Crippen LogP contribution in [0.15, 0.2) is 42.5 Å². The summed E-state index contributed by atoms with van der Waals surface area (Å²) in [6.45, 7) is 3.57. The number of hydrogen-bond acceptors (Lipinski definition) is 5. The Bertz CT molecular complexity index is 721. The predicted molar refractivity (Wildman–Crippen MR) is 84.8 cm³/mol. The standard InChI is InChI=1S/C18H18O5/c1-3-22-18(21)16-7-5-4-6-13(16)11-23-14-8-9-15(12(2)19)17(20)10-14/h4-10,20H,3,11H2,1-2H3. The monoisotopic (exact) mass is 314 g/mol. The van der Waals surface area contributed by atoms with Crippen molar-refractivity contribution in [1.82, 2.24) is 0 Å². The summed E-state index contributed by atoms with van der Waals surface area (Å²) < 4.78 is 10.6. The molecule has 0 fully saturated rings. The van der Waals surface area contributed by atoms with Gasteiger partial charge in [0.1, 0.15) is 18.1 Å². The van der Waals surface area contributed by atoms with Crippen LogP contribution < -0.4 is 4.74 Å². The van der Waals surface area contributed by atoms with Gasteiger partial charge in [-0.3, -0.25) is 4.79 Å². The fourth-order valence-corrected chi connectivity index (χ4v) is 2.11. The maximum atomic E-state index is 11.9. The van der Waals surface area contributed by atoms with E-state index < -0.39 is 5.97 Å². The minimum absolute atomic E-state index is 0.131. The van der Waals surface area contributed by atoms with Gasteiger partial charge in [0, 0.05) is 11.6 Å². The van der Waals surface area contributed by atoms with Crippen LogP contribution in [0.25, 0.3) is 0 Å². The number of aromatic hydroxyl groups is 1. The quantitative estimate of drug-likeness (QED) is 0.654. The molecule has 5 nitrogen and oxygen atoms in total. The van der Waals surface area contributed by atoms with Crippen molar-refractivity contribution in [1.29, 1.82) is 0 Å². The molecule has 0 aliphatic carbocycles. The number of hydrogen-bond donors (Lipinski definition) is 1. The van der Waals surface area contributed by atoms with Crippen molar-refractivity contribution in [2.45, 2.75) is 20.5 Å². The van der Waals surface area contributed by atoms with Gasteiger partial charge >= 0.3 is 5.97 Å². The largest absolute Gasteiger partial charge is 0.507 e. The molecule has 2 rings (SSSR count). The Morgan fingerprint density at radius 3 is 2.48 bits per heavy atom. The van der Waals surface area contributed by atoms with Gasteiger partial charge in [-0.25, -0.2) is 4.79 Å². The lowest BCUT2D eigenvalue weighted by atomic mass is 10.1. The van der Waals surface area contributed by atoms with Gasteiger partial charge in [-0.15, -0.1) is 0 Å². The number of ketones is 1. The van der Waals surface area contributed by atoms with Crippen LogP contribution in [0, 0.1) is 0 Å². The normalized spacial score (nSPS) is 10.2. The summed E-state index contributed by atoms with van der Waals surface area (Å²) in [6.07, 6.45) is 0. The second kappa shape index (κ2) is 7.45. The molecule has 0 radical (unpaired) electrons. The SMILES string of the molecule is CCOC(=O)c1ccccc1COc1ccc(C(C)=O)c(O)c1. The zero-order chi connectivity index (χ0) is 16.8. The Morgan fingerprint density at radius 2 is 1.83 bits per heavy atom. The number of esters is 1. The molecule has 0 saturated heterocycles. The summed E-state index contributed by atoms with van der Waals surface area (Å²) in [6, 6.07) is 11.5. The highest BCUT2D eigenvalue weighted by atomic mass is 16.5. The molecule has 0 aliphatic heterocycles. The van der Waals surface area contributed by atoms with Crippen LogP contribution in [0.5, 0.6) is 11.5 Å². The summed E-state index contributed by atoms with van der Waals surface area (Å²) in [4.78, 5) is 23.2. The molecule has 0 saturated carbocycles. The lowest BCUT2D eigenvalue weighted by Crippen LogP contribution is -2.09. The van der Waals surface area contributed by atoms with Crippen molar-refractivity contribution < 1.29 is 24.2 Å². The number of rotatable bonds is 6. The molecule has 0 heterocycles. The molecule has 5 heteroatoms. The molecule has 0 bridgehead atoms. The first-order chi connectivity index (χ1) is 11.0. The topological polar surface area (TPSA) is 72.8 Å². The average molecular weight is 314 g/mol. The summed E-state index contributed by atoms with van der Waals surface area (Å²) in [7, 11) is 0. The Kier molecular flexibility index (Phi) is 5.36. The van der Waals surface area contributed by atoms with Crippen LogP contribution in [-0.4, -0.2) is 23.5 Å². The van der Waals surface area contributed by atoms with Gasteiger partial charge < -0.3 is 14.6 Å². The smallest absolute Gasteiger partial charge is 0.338 e. The van der Waals surface area contributed by atoms with Crippen molar-refractivity contribution in [3.8, 4) is 11.5 Å². The molecule has 0 unspecified atom stereocenters. The predicted octanol–water partition coefficient (Wildman–Crippen LogP) is 3.35. The first kappa shape index (κ1) is 16.5. The second-order valence-electron chi connectivity index (χ2n) is 4.90. The molecular weight excluding hydrogens is 296 g/mol. The first-order valence-corrected chi connectivity index (χ1v) is 7.24. The van der Waals surface area contributed by atoms with Gasteiger partial charge in [0.25, 0.3) is 0 Å². The lowest BCUT2D eigenvalue weighted by Gasteiger charge is -2.11. The average Bonchev–Trinajstić information content (AvgIpc) is 2.53. The van der Waals surface area contributed by atoms with Crippen LogP contribution in [0.2, 0.25) is 0 Å². The Morgan fingerprint density at radius 1 is 1.09 bits per heavy atom. The number of phenolic OH excluding ortho intramolecular Hbond substituents is 1. The van der Waals surface area contributed by atoms with Crippen LogP contribution in [0.4, 0.5) is 0 Å². The van der Waals surface area contributed by atoms with E-state index in [4.69, 9.17) is 9.47 Å². The van der Waals surface area contributed by atoms with E-state index in [0.29, 0.717) is 23.5 Å². The summed E-state index contributed by atoms with van der Waals surface area (Å²) in [5, 5.41) is 9.80. The van der Waals surface area contributed by atoms with E-state index in [1.165, 1.54) is 19.1 Å². The molecule has 2 aromatic rings. The van der Waals surface area contributed by atoms with E-state index >= 15 is 0 Å². The van der Waals surface area contributed by atoms with Gasteiger partial charge in [0.05, 0.1) is 17.7 Å². The number of benzene rings is 2. The molecule has 2 aromatic carbocycles. The zero-order valence-corrected chi connectivity index (χ0v) is 13.0. The maximum absolute atomic E-state index is 11.9. The minimum atomic E-state index is -0.401. The van der Waals surface area contributed by atoms with Gasteiger partial charge in [-0.05, 0) is 32.0 Å². The fraction of sp³-hybridized carbons (Fsp3) is 0.222. The third kappa shape index (κ3) is 4.10. The molecule has 0 spiro atoms. The van der Waals surface area contributed by atoms with Crippen LogP contribution in [-0.2, 0) is 11.3 Å². The van der Waals surface area contributed by atoms with Crippen molar-refractivity contribution in [3.05, 3.63) is 59.2 Å². The van der Waals surface area contributed by atoms with E-state index in [-0.39, 0.29) is 23.7 Å². The fourth-order valence-electron chi connectivity index (χ4n) is 2.11. The van der Waals surface area contributed by atoms with E-state index in [2.05, 4.69) is 0 Å². The molecule has 0 atom stereocenters. The van der Waals surface area contributed by atoms with E-state index in [9.17, 15) is 14.7 Å². The van der Waals surface area contributed by atoms with Crippen LogP contribution in [0.3, 0.4) is 0 Å². The van der Waals surface area contributed by atoms with Crippen molar-refractivity contribution >= 4 is 11.8 Å². The van der Waals surface area contributed by atoms with E-state index in [1.54, 1.807) is 37.3 Å². The van der Waals surface area contributed by atoms with Gasteiger partial charge in [-0.2, -0.15) is 0 Å².